The Kier molecular flexibility index (Phi) is 6.01. The Morgan fingerprint density at radius 2 is 1.90 bits per heavy atom. The molecule has 2 atom stereocenters. The zero-order chi connectivity index (χ0) is 21.1. The second kappa shape index (κ2) is 8.85. The van der Waals surface area contributed by atoms with Gasteiger partial charge in [-0.3, -0.25) is 4.98 Å². The molecule has 1 aliphatic heterocycles. The van der Waals surface area contributed by atoms with E-state index < -0.39 is 0 Å². The van der Waals surface area contributed by atoms with Crippen molar-refractivity contribution in [2.75, 3.05) is 32.1 Å². The molecular weight excluding hydrogens is 394 g/mol. The molecule has 0 spiro atoms. The summed E-state index contributed by atoms with van der Waals surface area (Å²) < 4.78 is 2.21. The first-order valence-electron chi connectivity index (χ1n) is 10.1. The molecule has 6 nitrogen and oxygen atoms in total. The van der Waals surface area contributed by atoms with Crippen LogP contribution in [0.5, 0.6) is 0 Å². The number of aliphatic hydroxyl groups excluding tert-OH is 1. The Morgan fingerprint density at radius 1 is 1.10 bits per heavy atom. The molecule has 1 aliphatic rings. The number of aliphatic hydroxyl groups is 1. The van der Waals surface area contributed by atoms with Crippen LogP contribution in [0.3, 0.4) is 0 Å². The zero-order valence-electron chi connectivity index (χ0n) is 17.3. The van der Waals surface area contributed by atoms with Crippen molar-refractivity contribution in [2.45, 2.75) is 18.5 Å². The molecule has 0 amide bonds. The van der Waals surface area contributed by atoms with Gasteiger partial charge in [0.1, 0.15) is 0 Å². The summed E-state index contributed by atoms with van der Waals surface area (Å²) >= 11 is 5.68. The molecule has 1 fully saturated rings. The number of nitrogens with zero attached hydrogens (tertiary/aromatic N) is 4. The lowest BCUT2D eigenvalue weighted by atomic mass is 10.0. The van der Waals surface area contributed by atoms with Gasteiger partial charge in [0.15, 0.2) is 5.11 Å². The highest BCUT2D eigenvalue weighted by Crippen LogP contribution is 2.39. The topological polar surface area (TPSA) is 56.6 Å². The fraction of sp³-hybridized carbons (Fsp3) is 0.304. The number of hydrogen-bond donors (Lipinski definition) is 2. The second-order valence-electron chi connectivity index (χ2n) is 7.61. The highest BCUT2D eigenvalue weighted by molar-refractivity contribution is 7.80. The van der Waals surface area contributed by atoms with Crippen LogP contribution >= 0.6 is 12.2 Å². The highest BCUT2D eigenvalue weighted by atomic mass is 32.1. The van der Waals surface area contributed by atoms with E-state index in [-0.39, 0.29) is 18.7 Å². The van der Waals surface area contributed by atoms with Gasteiger partial charge in [-0.25, -0.2) is 0 Å². The molecule has 3 aromatic rings. The van der Waals surface area contributed by atoms with Crippen LogP contribution in [0.25, 0.3) is 5.69 Å². The predicted octanol–water partition coefficient (Wildman–Crippen LogP) is 3.29. The van der Waals surface area contributed by atoms with Gasteiger partial charge >= 0.3 is 0 Å². The summed E-state index contributed by atoms with van der Waals surface area (Å²) in [7, 11) is 4.08. The molecule has 1 aromatic carbocycles. The number of aromatic nitrogens is 2. The van der Waals surface area contributed by atoms with Gasteiger partial charge in [-0.1, -0.05) is 6.07 Å². The molecular formula is C23H27N5OS. The van der Waals surface area contributed by atoms with Crippen molar-refractivity contribution in [3.8, 4) is 5.69 Å². The van der Waals surface area contributed by atoms with Gasteiger partial charge in [0.2, 0.25) is 0 Å². The number of nitrogens with one attached hydrogen (secondary N) is 1. The van der Waals surface area contributed by atoms with E-state index in [0.717, 1.165) is 22.8 Å². The molecule has 0 bridgehead atoms. The number of thiocarbonyl (C=S) groups is 1. The van der Waals surface area contributed by atoms with Gasteiger partial charge in [-0.15, -0.1) is 0 Å². The lowest BCUT2D eigenvalue weighted by Gasteiger charge is -2.29. The van der Waals surface area contributed by atoms with E-state index >= 15 is 0 Å². The maximum Gasteiger partial charge on any atom is 0.170 e. The summed E-state index contributed by atoms with van der Waals surface area (Å²) in [5.41, 5.74) is 4.34. The normalized spacial score (nSPS) is 18.5. The molecule has 30 heavy (non-hydrogen) atoms. The molecule has 3 heterocycles. The van der Waals surface area contributed by atoms with E-state index in [9.17, 15) is 5.11 Å². The minimum atomic E-state index is -0.0629. The standard InChI is InChI=1S/C23H27N5OS/c1-26(2)17-9-11-18(12-10-17)27-14-5-8-20(27)22-21(19-7-3-4-13-24-19)25-23(30)28(22)15-6-16-29/h3-5,7-14,21-22,29H,6,15-16H2,1-2H3,(H,25,30)/t21-,22+/m0/s1. The van der Waals surface area contributed by atoms with Crippen LogP contribution in [-0.4, -0.2) is 51.9 Å². The molecule has 0 saturated carbocycles. The first kappa shape index (κ1) is 20.4. The van der Waals surface area contributed by atoms with Gasteiger partial charge in [-0.2, -0.15) is 0 Å². The number of rotatable bonds is 7. The first-order valence-corrected chi connectivity index (χ1v) is 10.5. The first-order chi connectivity index (χ1) is 14.6. The fourth-order valence-electron chi connectivity index (χ4n) is 3.99. The highest BCUT2D eigenvalue weighted by Gasteiger charge is 2.40. The summed E-state index contributed by atoms with van der Waals surface area (Å²) in [6, 6.07) is 18.6. The van der Waals surface area contributed by atoms with E-state index in [1.807, 2.05) is 38.5 Å². The van der Waals surface area contributed by atoms with Crippen LogP contribution in [-0.2, 0) is 0 Å². The largest absolute Gasteiger partial charge is 0.396 e. The van der Waals surface area contributed by atoms with Crippen LogP contribution in [0, 0.1) is 0 Å². The van der Waals surface area contributed by atoms with E-state index in [1.54, 1.807) is 0 Å². The second-order valence-corrected chi connectivity index (χ2v) is 8.00. The van der Waals surface area contributed by atoms with E-state index in [0.29, 0.717) is 18.1 Å². The van der Waals surface area contributed by atoms with Crippen LogP contribution in [0.4, 0.5) is 5.69 Å². The van der Waals surface area contributed by atoms with Crippen LogP contribution in [0.1, 0.15) is 29.9 Å². The average Bonchev–Trinajstić information content (AvgIpc) is 3.37. The molecule has 4 rings (SSSR count). The minimum absolute atomic E-state index is 0.0255. The van der Waals surface area contributed by atoms with Crippen molar-refractivity contribution in [3.63, 3.8) is 0 Å². The van der Waals surface area contributed by atoms with Crippen molar-refractivity contribution in [1.82, 2.24) is 19.8 Å². The lowest BCUT2D eigenvalue weighted by molar-refractivity contribution is 0.245. The molecule has 2 aromatic heterocycles. The third-order valence-electron chi connectivity index (χ3n) is 5.48. The summed E-state index contributed by atoms with van der Waals surface area (Å²) in [5.74, 6) is 0. The zero-order valence-corrected chi connectivity index (χ0v) is 18.1. The number of benzene rings is 1. The fourth-order valence-corrected chi connectivity index (χ4v) is 4.32. The molecule has 0 unspecified atom stereocenters. The molecule has 2 N–H and O–H groups in total. The van der Waals surface area contributed by atoms with Crippen LogP contribution in [0.2, 0.25) is 0 Å². The maximum atomic E-state index is 9.40. The Balaban J connectivity index is 1.75. The Bertz CT molecular complexity index is 986. The summed E-state index contributed by atoms with van der Waals surface area (Å²) in [6.07, 6.45) is 4.55. The average molecular weight is 422 g/mol. The number of anilines is 1. The Hall–Kier alpha value is -2.90. The molecule has 0 radical (unpaired) electrons. The molecule has 7 heteroatoms. The van der Waals surface area contributed by atoms with Crippen LogP contribution in [0.15, 0.2) is 67.0 Å². The Morgan fingerprint density at radius 3 is 2.57 bits per heavy atom. The van der Waals surface area contributed by atoms with Crippen molar-refractivity contribution >= 4 is 23.0 Å². The van der Waals surface area contributed by atoms with E-state index in [4.69, 9.17) is 12.2 Å². The van der Waals surface area contributed by atoms with Gasteiger partial charge in [0.25, 0.3) is 0 Å². The van der Waals surface area contributed by atoms with Crippen molar-refractivity contribution in [1.29, 1.82) is 0 Å². The van der Waals surface area contributed by atoms with Gasteiger partial charge < -0.3 is 24.8 Å². The minimum Gasteiger partial charge on any atom is -0.396 e. The van der Waals surface area contributed by atoms with Crippen molar-refractivity contribution in [2.24, 2.45) is 0 Å². The predicted molar refractivity (Wildman–Crippen MR) is 124 cm³/mol. The van der Waals surface area contributed by atoms with E-state index in [2.05, 4.69) is 67.3 Å². The summed E-state index contributed by atoms with van der Waals surface area (Å²) in [6.45, 7) is 0.814. The smallest absolute Gasteiger partial charge is 0.170 e. The monoisotopic (exact) mass is 421 g/mol. The van der Waals surface area contributed by atoms with E-state index in [1.165, 1.54) is 0 Å². The van der Waals surface area contributed by atoms with Crippen molar-refractivity contribution in [3.05, 3.63) is 78.4 Å². The SMILES string of the molecule is CN(C)c1ccc(-n2cccc2[C@@H]2[C@H](c3ccccn3)NC(=S)N2CCCO)cc1. The van der Waals surface area contributed by atoms with Crippen molar-refractivity contribution < 1.29 is 5.11 Å². The molecule has 0 aliphatic carbocycles. The maximum absolute atomic E-state index is 9.40. The Labute approximate surface area is 182 Å². The number of pyridine rings is 1. The van der Waals surface area contributed by atoms with Gasteiger partial charge in [-0.05, 0) is 67.2 Å². The molecule has 1 saturated heterocycles. The quantitative estimate of drug-likeness (QED) is 0.571. The summed E-state index contributed by atoms with van der Waals surface area (Å²) in [5, 5.41) is 13.6. The third kappa shape index (κ3) is 3.91. The summed E-state index contributed by atoms with van der Waals surface area (Å²) in [4.78, 5) is 8.85. The van der Waals surface area contributed by atoms with Gasteiger partial charge in [0, 0.05) is 56.7 Å². The molecule has 156 valence electrons. The van der Waals surface area contributed by atoms with Gasteiger partial charge in [0.05, 0.1) is 17.8 Å². The number of hydrogen-bond acceptors (Lipinski definition) is 4. The third-order valence-corrected chi connectivity index (χ3v) is 5.83. The van der Waals surface area contributed by atoms with Crippen LogP contribution < -0.4 is 10.2 Å². The lowest BCUT2D eigenvalue weighted by Crippen LogP contribution is -2.31.